The highest BCUT2D eigenvalue weighted by Crippen LogP contribution is 2.33. The molecule has 0 heterocycles. The van der Waals surface area contributed by atoms with Crippen LogP contribution in [0.1, 0.15) is 64.4 Å². The van der Waals surface area contributed by atoms with Crippen LogP contribution >= 0.6 is 0 Å². The van der Waals surface area contributed by atoms with Crippen LogP contribution in [-0.4, -0.2) is 10.2 Å². The molecule has 0 amide bonds. The molecule has 0 aliphatic carbocycles. The minimum absolute atomic E-state index is 0.0865. The minimum atomic E-state index is -1.69. The quantitative estimate of drug-likeness (QED) is 0.518. The van der Waals surface area contributed by atoms with E-state index in [9.17, 15) is 10.2 Å². The summed E-state index contributed by atoms with van der Waals surface area (Å²) in [6.07, 6.45) is 7.70. The van der Waals surface area contributed by atoms with Crippen molar-refractivity contribution < 1.29 is 10.2 Å². The molecule has 108 valence electrons. The Morgan fingerprint density at radius 2 is 1.58 bits per heavy atom. The van der Waals surface area contributed by atoms with Gasteiger partial charge in [-0.25, -0.2) is 0 Å². The Balaban J connectivity index is 2.53. The summed E-state index contributed by atoms with van der Waals surface area (Å²) in [6.45, 7) is 4.23. The maximum Gasteiger partial charge on any atom is 0.192 e. The fourth-order valence-electron chi connectivity index (χ4n) is 2.60. The molecule has 19 heavy (non-hydrogen) atoms. The zero-order valence-electron chi connectivity index (χ0n) is 12.3. The van der Waals surface area contributed by atoms with Crippen LogP contribution in [0.5, 0.6) is 0 Å². The van der Waals surface area contributed by atoms with Crippen LogP contribution in [0.15, 0.2) is 30.3 Å². The van der Waals surface area contributed by atoms with Crippen molar-refractivity contribution in [3.05, 3.63) is 35.9 Å². The minimum Gasteiger partial charge on any atom is -0.362 e. The standard InChI is InChI=1S/C17H28O2/c1-3-5-6-7-9-12-15(4-2)17(18,19)16-13-10-8-11-14-16/h8,10-11,13-15,18-19H,3-7,9,12H2,1-2H3. The Morgan fingerprint density at radius 3 is 2.16 bits per heavy atom. The molecule has 0 saturated carbocycles. The topological polar surface area (TPSA) is 40.5 Å². The molecule has 1 unspecified atom stereocenters. The summed E-state index contributed by atoms with van der Waals surface area (Å²) < 4.78 is 0. The van der Waals surface area contributed by atoms with Gasteiger partial charge in [0.05, 0.1) is 0 Å². The monoisotopic (exact) mass is 264 g/mol. The van der Waals surface area contributed by atoms with E-state index in [-0.39, 0.29) is 5.92 Å². The third kappa shape index (κ3) is 4.96. The fourth-order valence-corrected chi connectivity index (χ4v) is 2.60. The Labute approximate surface area is 117 Å². The van der Waals surface area contributed by atoms with E-state index in [4.69, 9.17) is 0 Å². The second kappa shape index (κ2) is 8.34. The van der Waals surface area contributed by atoms with Gasteiger partial charge in [0.2, 0.25) is 0 Å². The lowest BCUT2D eigenvalue weighted by Gasteiger charge is -2.31. The summed E-state index contributed by atoms with van der Waals surface area (Å²) in [4.78, 5) is 0. The van der Waals surface area contributed by atoms with Crippen LogP contribution < -0.4 is 0 Å². The lowest BCUT2D eigenvalue weighted by Crippen LogP contribution is -2.34. The molecule has 1 rings (SSSR count). The van der Waals surface area contributed by atoms with Crippen molar-refractivity contribution in [3.8, 4) is 0 Å². The highest BCUT2D eigenvalue weighted by molar-refractivity contribution is 5.20. The molecule has 0 aliphatic heterocycles. The first kappa shape index (κ1) is 16.2. The predicted octanol–water partition coefficient (Wildman–Crippen LogP) is 4.21. The predicted molar refractivity (Wildman–Crippen MR) is 79.7 cm³/mol. The second-order valence-corrected chi connectivity index (χ2v) is 5.40. The van der Waals surface area contributed by atoms with E-state index in [1.807, 2.05) is 25.1 Å². The van der Waals surface area contributed by atoms with Gasteiger partial charge in [-0.2, -0.15) is 0 Å². The van der Waals surface area contributed by atoms with Gasteiger partial charge in [-0.05, 0) is 12.8 Å². The second-order valence-electron chi connectivity index (χ2n) is 5.40. The van der Waals surface area contributed by atoms with E-state index >= 15 is 0 Å². The molecule has 2 nitrogen and oxygen atoms in total. The average molecular weight is 264 g/mol. The molecule has 0 radical (unpaired) electrons. The Hall–Kier alpha value is -0.860. The van der Waals surface area contributed by atoms with E-state index in [1.54, 1.807) is 12.1 Å². The fraction of sp³-hybridized carbons (Fsp3) is 0.647. The maximum absolute atomic E-state index is 10.4. The van der Waals surface area contributed by atoms with Crippen LogP contribution in [0.4, 0.5) is 0 Å². The summed E-state index contributed by atoms with van der Waals surface area (Å²) in [6, 6.07) is 9.18. The number of aliphatic hydroxyl groups is 2. The third-order valence-electron chi connectivity index (χ3n) is 3.92. The van der Waals surface area contributed by atoms with Crippen molar-refractivity contribution in [2.45, 2.75) is 64.6 Å². The van der Waals surface area contributed by atoms with Crippen molar-refractivity contribution in [3.63, 3.8) is 0 Å². The summed E-state index contributed by atoms with van der Waals surface area (Å²) in [5.41, 5.74) is 0.607. The molecule has 2 heteroatoms. The average Bonchev–Trinajstić information content (AvgIpc) is 2.43. The van der Waals surface area contributed by atoms with Gasteiger partial charge in [-0.15, -0.1) is 0 Å². The number of rotatable bonds is 9. The van der Waals surface area contributed by atoms with E-state index < -0.39 is 5.79 Å². The van der Waals surface area contributed by atoms with E-state index in [0.717, 1.165) is 19.3 Å². The van der Waals surface area contributed by atoms with Crippen LogP contribution in [-0.2, 0) is 5.79 Å². The molecule has 1 atom stereocenters. The number of hydrogen-bond acceptors (Lipinski definition) is 2. The zero-order valence-corrected chi connectivity index (χ0v) is 12.3. The first-order chi connectivity index (χ1) is 9.12. The molecule has 0 fully saturated rings. The van der Waals surface area contributed by atoms with Gasteiger partial charge in [0.1, 0.15) is 0 Å². The van der Waals surface area contributed by atoms with Gasteiger partial charge in [-0.3, -0.25) is 0 Å². The Kier molecular flexibility index (Phi) is 7.11. The van der Waals surface area contributed by atoms with Crippen LogP contribution in [0, 0.1) is 5.92 Å². The lowest BCUT2D eigenvalue weighted by molar-refractivity contribution is -0.212. The number of unbranched alkanes of at least 4 members (excludes halogenated alkanes) is 4. The molecule has 1 aromatic carbocycles. The summed E-state index contributed by atoms with van der Waals surface area (Å²) in [5.74, 6) is -1.78. The van der Waals surface area contributed by atoms with Gasteiger partial charge in [0.25, 0.3) is 0 Å². The molecule has 0 saturated heterocycles. The molecular formula is C17H28O2. The first-order valence-electron chi connectivity index (χ1n) is 7.63. The highest BCUT2D eigenvalue weighted by Gasteiger charge is 2.34. The van der Waals surface area contributed by atoms with Gasteiger partial charge in [0.15, 0.2) is 5.79 Å². The van der Waals surface area contributed by atoms with Crippen molar-refractivity contribution in [2.75, 3.05) is 0 Å². The molecular weight excluding hydrogens is 236 g/mol. The molecule has 0 spiro atoms. The SMILES string of the molecule is CCCCCCCC(CC)C(O)(O)c1ccccc1. The van der Waals surface area contributed by atoms with Crippen LogP contribution in [0.25, 0.3) is 0 Å². The molecule has 0 bridgehead atoms. The van der Waals surface area contributed by atoms with Crippen molar-refractivity contribution in [2.24, 2.45) is 5.92 Å². The first-order valence-corrected chi connectivity index (χ1v) is 7.63. The van der Waals surface area contributed by atoms with E-state index in [0.29, 0.717) is 5.56 Å². The number of hydrogen-bond donors (Lipinski definition) is 2. The summed E-state index contributed by atoms with van der Waals surface area (Å²) in [5, 5.41) is 20.8. The Morgan fingerprint density at radius 1 is 0.947 bits per heavy atom. The smallest absolute Gasteiger partial charge is 0.192 e. The third-order valence-corrected chi connectivity index (χ3v) is 3.92. The highest BCUT2D eigenvalue weighted by atomic mass is 16.5. The van der Waals surface area contributed by atoms with Gasteiger partial charge in [-0.1, -0.05) is 76.3 Å². The largest absolute Gasteiger partial charge is 0.362 e. The molecule has 2 N–H and O–H groups in total. The van der Waals surface area contributed by atoms with E-state index in [1.165, 1.54) is 25.7 Å². The maximum atomic E-state index is 10.4. The van der Waals surface area contributed by atoms with Crippen LogP contribution in [0.3, 0.4) is 0 Å². The molecule has 1 aromatic rings. The summed E-state index contributed by atoms with van der Waals surface area (Å²) >= 11 is 0. The zero-order chi connectivity index (χ0) is 14.1. The van der Waals surface area contributed by atoms with Gasteiger partial charge < -0.3 is 10.2 Å². The van der Waals surface area contributed by atoms with Crippen molar-refractivity contribution >= 4 is 0 Å². The molecule has 0 aromatic heterocycles. The lowest BCUT2D eigenvalue weighted by atomic mass is 9.85. The molecule has 0 aliphatic rings. The van der Waals surface area contributed by atoms with Gasteiger partial charge >= 0.3 is 0 Å². The Bertz CT molecular complexity index is 332. The van der Waals surface area contributed by atoms with Crippen molar-refractivity contribution in [1.29, 1.82) is 0 Å². The number of benzene rings is 1. The van der Waals surface area contributed by atoms with Crippen LogP contribution in [0.2, 0.25) is 0 Å². The van der Waals surface area contributed by atoms with Gasteiger partial charge in [0, 0.05) is 11.5 Å². The normalized spacial score (nSPS) is 13.5. The van der Waals surface area contributed by atoms with E-state index in [2.05, 4.69) is 6.92 Å². The summed E-state index contributed by atoms with van der Waals surface area (Å²) in [7, 11) is 0. The van der Waals surface area contributed by atoms with Crippen molar-refractivity contribution in [1.82, 2.24) is 0 Å².